The van der Waals surface area contributed by atoms with Crippen molar-refractivity contribution in [2.45, 2.75) is 55.4 Å². The zero-order chi connectivity index (χ0) is 16.2. The zero-order valence-electron chi connectivity index (χ0n) is 14.6. The summed E-state index contributed by atoms with van der Waals surface area (Å²) in [7, 11) is 0. The second-order valence-electron chi connectivity index (χ2n) is 3.13. The van der Waals surface area contributed by atoms with Gasteiger partial charge in [0, 0.05) is 11.9 Å². The van der Waals surface area contributed by atoms with Gasteiger partial charge in [0.2, 0.25) is 0 Å². The third-order valence-electron chi connectivity index (χ3n) is 1.75. The van der Waals surface area contributed by atoms with Crippen LogP contribution in [-0.4, -0.2) is 4.98 Å². The maximum atomic E-state index is 3.98. The van der Waals surface area contributed by atoms with E-state index in [0.29, 0.717) is 0 Å². The van der Waals surface area contributed by atoms with Crippen LogP contribution in [0.4, 0.5) is 0 Å². The average molecular weight is 275 g/mol. The first kappa shape index (κ1) is 23.5. The molecular formula is C19H33N. The molecule has 0 saturated carbocycles. The van der Waals surface area contributed by atoms with Crippen LogP contribution >= 0.6 is 0 Å². The predicted molar refractivity (Wildman–Crippen MR) is 94.2 cm³/mol. The van der Waals surface area contributed by atoms with Gasteiger partial charge in [-0.05, 0) is 26.0 Å². The first-order valence-corrected chi connectivity index (χ1v) is 7.68. The second kappa shape index (κ2) is 22.5. The minimum Gasteiger partial charge on any atom is -0.262 e. The molecule has 0 saturated heterocycles. The number of aryl methyl sites for hydroxylation is 2. The molecular weight excluding hydrogens is 242 g/mol. The molecule has 0 bridgehead atoms. The Hall–Kier alpha value is -1.63. The zero-order valence-corrected chi connectivity index (χ0v) is 14.6. The first-order chi connectivity index (χ1) is 9.79. The third-order valence-corrected chi connectivity index (χ3v) is 1.75. The summed E-state index contributed by atoms with van der Waals surface area (Å²) >= 11 is 0. The van der Waals surface area contributed by atoms with Gasteiger partial charge >= 0.3 is 0 Å². The highest BCUT2D eigenvalue weighted by atomic mass is 14.6. The van der Waals surface area contributed by atoms with Crippen molar-refractivity contribution in [2.24, 2.45) is 0 Å². The maximum absolute atomic E-state index is 3.98. The van der Waals surface area contributed by atoms with Gasteiger partial charge in [-0.1, -0.05) is 83.5 Å². The molecule has 0 aliphatic heterocycles. The Morgan fingerprint density at radius 1 is 0.600 bits per heavy atom. The van der Waals surface area contributed by atoms with Gasteiger partial charge < -0.3 is 0 Å². The topological polar surface area (TPSA) is 12.9 Å². The van der Waals surface area contributed by atoms with E-state index in [1.807, 2.05) is 84.9 Å². The van der Waals surface area contributed by atoms with E-state index in [2.05, 4.69) is 24.0 Å². The first-order valence-electron chi connectivity index (χ1n) is 7.68. The van der Waals surface area contributed by atoms with Crippen molar-refractivity contribution in [3.63, 3.8) is 0 Å². The summed E-state index contributed by atoms with van der Waals surface area (Å²) in [5, 5.41) is 0. The highest BCUT2D eigenvalue weighted by molar-refractivity contribution is 5.11. The fraction of sp³-hybridized carbons (Fsp3) is 0.421. The molecule has 1 heterocycles. The molecule has 0 spiro atoms. The number of rotatable bonds is 0. The molecule has 0 N–H and O–H groups in total. The molecule has 0 fully saturated rings. The molecule has 0 radical (unpaired) electrons. The Balaban J connectivity index is -0.000000211. The Bertz CT molecular complexity index is 303. The molecule has 0 aliphatic carbocycles. The Kier molecular flexibility index (Phi) is 26.4. The molecule has 0 aliphatic rings. The summed E-state index contributed by atoms with van der Waals surface area (Å²) in [6.07, 6.45) is 1.79. The van der Waals surface area contributed by atoms with Gasteiger partial charge in [0.25, 0.3) is 0 Å². The average Bonchev–Trinajstić information content (AvgIpc) is 2.55. The SMILES string of the molecule is CC.CC.CC.Cc1ccccc1.Cc1ccccn1. The van der Waals surface area contributed by atoms with Crippen LogP contribution in [0.1, 0.15) is 52.8 Å². The molecule has 1 heteroatoms. The largest absolute Gasteiger partial charge is 0.262 e. The number of nitrogens with zero attached hydrogens (tertiary/aromatic N) is 1. The van der Waals surface area contributed by atoms with Crippen LogP contribution in [0.3, 0.4) is 0 Å². The van der Waals surface area contributed by atoms with Crippen LogP contribution in [0.2, 0.25) is 0 Å². The molecule has 20 heavy (non-hydrogen) atoms. The molecule has 1 aromatic carbocycles. The van der Waals surface area contributed by atoms with Gasteiger partial charge in [-0.25, -0.2) is 0 Å². The fourth-order valence-electron chi connectivity index (χ4n) is 0.983. The van der Waals surface area contributed by atoms with Crippen molar-refractivity contribution in [1.82, 2.24) is 4.98 Å². The van der Waals surface area contributed by atoms with E-state index in [1.165, 1.54) is 5.56 Å². The highest BCUT2D eigenvalue weighted by Gasteiger charge is 1.73. The Morgan fingerprint density at radius 3 is 1.25 bits per heavy atom. The summed E-state index contributed by atoms with van der Waals surface area (Å²) in [6.45, 7) is 16.1. The van der Waals surface area contributed by atoms with E-state index < -0.39 is 0 Å². The summed E-state index contributed by atoms with van der Waals surface area (Å²) in [5.74, 6) is 0. The Labute approximate surface area is 127 Å². The van der Waals surface area contributed by atoms with Crippen molar-refractivity contribution in [3.05, 3.63) is 66.0 Å². The van der Waals surface area contributed by atoms with Crippen LogP contribution in [0.15, 0.2) is 54.7 Å². The van der Waals surface area contributed by atoms with Crippen molar-refractivity contribution < 1.29 is 0 Å². The van der Waals surface area contributed by atoms with Crippen LogP contribution in [-0.2, 0) is 0 Å². The van der Waals surface area contributed by atoms with Crippen molar-refractivity contribution in [2.75, 3.05) is 0 Å². The molecule has 0 amide bonds. The minimum atomic E-state index is 1.07. The summed E-state index contributed by atoms with van der Waals surface area (Å²) < 4.78 is 0. The lowest BCUT2D eigenvalue weighted by molar-refractivity contribution is 1.20. The smallest absolute Gasteiger partial charge is 0.0372 e. The van der Waals surface area contributed by atoms with Gasteiger partial charge in [-0.2, -0.15) is 0 Å². The van der Waals surface area contributed by atoms with E-state index in [4.69, 9.17) is 0 Å². The quantitative estimate of drug-likeness (QED) is 0.537. The van der Waals surface area contributed by atoms with Gasteiger partial charge in [0.1, 0.15) is 0 Å². The lowest BCUT2D eigenvalue weighted by atomic mass is 10.2. The van der Waals surface area contributed by atoms with Gasteiger partial charge in [-0.15, -0.1) is 0 Å². The molecule has 1 nitrogen and oxygen atoms in total. The standard InChI is InChI=1S/C7H8.C6H7N.3C2H6/c1-7-5-3-2-4-6-7;1-6-4-2-3-5-7-6;3*1-2/h2-6H,1H3;2-5H,1H3;3*1-2H3. The molecule has 2 rings (SSSR count). The lowest BCUT2D eigenvalue weighted by Crippen LogP contribution is -1.72. The molecule has 1 aromatic heterocycles. The fourth-order valence-corrected chi connectivity index (χ4v) is 0.983. The second-order valence-corrected chi connectivity index (χ2v) is 3.13. The highest BCUT2D eigenvalue weighted by Crippen LogP contribution is 1.92. The molecule has 0 atom stereocenters. The van der Waals surface area contributed by atoms with Crippen LogP contribution in [0.25, 0.3) is 0 Å². The van der Waals surface area contributed by atoms with Crippen molar-refractivity contribution in [3.8, 4) is 0 Å². The van der Waals surface area contributed by atoms with Crippen LogP contribution in [0, 0.1) is 13.8 Å². The lowest BCUT2D eigenvalue weighted by Gasteiger charge is -1.82. The molecule has 2 aromatic rings. The number of pyridine rings is 1. The molecule has 0 unspecified atom stereocenters. The number of hydrogen-bond donors (Lipinski definition) is 0. The summed E-state index contributed by atoms with van der Waals surface area (Å²) in [5.41, 5.74) is 2.39. The predicted octanol–water partition coefficient (Wildman–Crippen LogP) is 6.46. The van der Waals surface area contributed by atoms with E-state index in [-0.39, 0.29) is 0 Å². The van der Waals surface area contributed by atoms with E-state index in [1.54, 1.807) is 6.20 Å². The van der Waals surface area contributed by atoms with Gasteiger partial charge in [0.05, 0.1) is 0 Å². The van der Waals surface area contributed by atoms with E-state index in [9.17, 15) is 0 Å². The van der Waals surface area contributed by atoms with Gasteiger partial charge in [-0.3, -0.25) is 4.98 Å². The monoisotopic (exact) mass is 275 g/mol. The number of aromatic nitrogens is 1. The Morgan fingerprint density at radius 2 is 1.05 bits per heavy atom. The summed E-state index contributed by atoms with van der Waals surface area (Å²) in [6, 6.07) is 16.1. The third kappa shape index (κ3) is 18.7. The summed E-state index contributed by atoms with van der Waals surface area (Å²) in [4.78, 5) is 3.98. The van der Waals surface area contributed by atoms with Crippen molar-refractivity contribution >= 4 is 0 Å². The molecule has 114 valence electrons. The van der Waals surface area contributed by atoms with E-state index in [0.717, 1.165) is 5.69 Å². The number of benzene rings is 1. The van der Waals surface area contributed by atoms with Crippen LogP contribution < -0.4 is 0 Å². The minimum absolute atomic E-state index is 1.07. The van der Waals surface area contributed by atoms with Crippen molar-refractivity contribution in [1.29, 1.82) is 0 Å². The van der Waals surface area contributed by atoms with Gasteiger partial charge in [0.15, 0.2) is 0 Å². The van der Waals surface area contributed by atoms with E-state index >= 15 is 0 Å². The maximum Gasteiger partial charge on any atom is 0.0372 e. The number of hydrogen-bond acceptors (Lipinski definition) is 1. The van der Waals surface area contributed by atoms with Crippen LogP contribution in [0.5, 0.6) is 0 Å². The normalized spacial score (nSPS) is 7.00.